The molecular weight excluding hydrogens is 261 g/mol. The highest BCUT2D eigenvalue weighted by Crippen LogP contribution is 2.60. The van der Waals surface area contributed by atoms with Gasteiger partial charge in [0, 0.05) is 7.11 Å². The molecule has 2 fully saturated rings. The van der Waals surface area contributed by atoms with E-state index in [0.29, 0.717) is 6.61 Å². The van der Waals surface area contributed by atoms with Crippen molar-refractivity contribution < 1.29 is 13.6 Å². The Hall–Kier alpha value is -0.670. The number of hydrogen-bond acceptors (Lipinski definition) is 4. The Morgan fingerprint density at radius 3 is 2.84 bits per heavy atom. The summed E-state index contributed by atoms with van der Waals surface area (Å²) in [5.41, 5.74) is 1.23. The molecule has 2 aliphatic heterocycles. The van der Waals surface area contributed by atoms with Crippen molar-refractivity contribution in [2.45, 2.75) is 31.1 Å². The number of rotatable bonds is 2. The Morgan fingerprint density at radius 2 is 2.11 bits per heavy atom. The Labute approximate surface area is 114 Å². The van der Waals surface area contributed by atoms with Crippen LogP contribution in [-0.4, -0.2) is 30.9 Å². The van der Waals surface area contributed by atoms with Crippen molar-refractivity contribution in [1.29, 1.82) is 0 Å². The van der Waals surface area contributed by atoms with Crippen LogP contribution in [0.4, 0.5) is 0 Å². The average molecular weight is 281 g/mol. The number of fused-ring (bicyclic) bond motifs is 1. The summed E-state index contributed by atoms with van der Waals surface area (Å²) in [4.78, 5) is 2.33. The second kappa shape index (κ2) is 5.37. The summed E-state index contributed by atoms with van der Waals surface area (Å²) in [6.45, 7) is 1.42. The molecular formula is C14H20NO3P. The molecule has 0 unspecified atom stereocenters. The second-order valence-corrected chi connectivity index (χ2v) is 7.46. The van der Waals surface area contributed by atoms with Crippen LogP contribution in [0.1, 0.15) is 30.9 Å². The molecule has 2 heterocycles. The predicted molar refractivity (Wildman–Crippen MR) is 74.1 cm³/mol. The van der Waals surface area contributed by atoms with Crippen LogP contribution in [0.25, 0.3) is 0 Å². The third-order valence-electron chi connectivity index (χ3n) is 4.13. The number of nitrogens with zero attached hydrogens (tertiary/aromatic N) is 1. The molecule has 3 atom stereocenters. The highest BCUT2D eigenvalue weighted by atomic mass is 31.2. The Morgan fingerprint density at radius 1 is 1.32 bits per heavy atom. The molecule has 0 radical (unpaired) electrons. The highest BCUT2D eigenvalue weighted by molar-refractivity contribution is 7.54. The van der Waals surface area contributed by atoms with Crippen LogP contribution in [0, 0.1) is 0 Å². The third kappa shape index (κ3) is 2.38. The summed E-state index contributed by atoms with van der Waals surface area (Å²) in [5.74, 6) is -0.0785. The summed E-state index contributed by atoms with van der Waals surface area (Å²) >= 11 is 0. The maximum Gasteiger partial charge on any atom is 0.347 e. The predicted octanol–water partition coefficient (Wildman–Crippen LogP) is 3.41. The van der Waals surface area contributed by atoms with E-state index in [1.54, 1.807) is 0 Å². The van der Waals surface area contributed by atoms with Crippen molar-refractivity contribution in [3.05, 3.63) is 35.9 Å². The minimum atomic E-state index is -2.96. The second-order valence-electron chi connectivity index (χ2n) is 5.16. The number of piperidine rings is 1. The smallest absolute Gasteiger partial charge is 0.311 e. The third-order valence-corrected chi connectivity index (χ3v) is 6.43. The van der Waals surface area contributed by atoms with Gasteiger partial charge in [-0.1, -0.05) is 30.3 Å². The molecule has 0 aromatic heterocycles. The monoisotopic (exact) mass is 281 g/mol. The van der Waals surface area contributed by atoms with Gasteiger partial charge < -0.3 is 9.05 Å². The van der Waals surface area contributed by atoms with Gasteiger partial charge in [0.1, 0.15) is 5.78 Å². The normalized spacial score (nSPS) is 35.8. The van der Waals surface area contributed by atoms with Gasteiger partial charge in [-0.15, -0.1) is 0 Å². The number of benzene rings is 1. The van der Waals surface area contributed by atoms with Crippen molar-refractivity contribution in [2.24, 2.45) is 0 Å². The average Bonchev–Trinajstić information content (AvgIpc) is 2.49. The minimum Gasteiger partial charge on any atom is -0.311 e. The molecule has 0 bridgehead atoms. The van der Waals surface area contributed by atoms with E-state index in [4.69, 9.17) is 9.05 Å². The quantitative estimate of drug-likeness (QED) is 0.779. The van der Waals surface area contributed by atoms with Crippen LogP contribution in [0.2, 0.25) is 0 Å². The van der Waals surface area contributed by atoms with Crippen molar-refractivity contribution in [1.82, 2.24) is 4.90 Å². The van der Waals surface area contributed by atoms with Gasteiger partial charge in [-0.2, -0.15) is 0 Å². The fourth-order valence-electron chi connectivity index (χ4n) is 3.13. The SMILES string of the molecule is CO[P@@]1(=O)OC[C@@H](c2ccccc2)N2CCCC[C@H]21. The summed E-state index contributed by atoms with van der Waals surface area (Å²) < 4.78 is 23.5. The zero-order chi connectivity index (χ0) is 13.3. The molecule has 2 saturated heterocycles. The molecule has 0 aliphatic carbocycles. The molecule has 0 spiro atoms. The van der Waals surface area contributed by atoms with E-state index in [1.165, 1.54) is 12.7 Å². The molecule has 2 aliphatic rings. The molecule has 5 heteroatoms. The zero-order valence-corrected chi connectivity index (χ0v) is 12.1. The van der Waals surface area contributed by atoms with Crippen molar-refractivity contribution >= 4 is 7.60 Å². The van der Waals surface area contributed by atoms with Gasteiger partial charge in [-0.3, -0.25) is 9.46 Å². The highest BCUT2D eigenvalue weighted by Gasteiger charge is 2.47. The van der Waals surface area contributed by atoms with E-state index >= 15 is 0 Å². The Bertz CT molecular complexity index is 479. The van der Waals surface area contributed by atoms with Gasteiger partial charge in [0.2, 0.25) is 0 Å². The van der Waals surface area contributed by atoms with Crippen LogP contribution in [0.5, 0.6) is 0 Å². The molecule has 0 amide bonds. The van der Waals surface area contributed by atoms with E-state index in [-0.39, 0.29) is 11.8 Å². The van der Waals surface area contributed by atoms with Gasteiger partial charge in [0.25, 0.3) is 0 Å². The first-order valence-corrected chi connectivity index (χ1v) is 8.46. The summed E-state index contributed by atoms with van der Waals surface area (Å²) in [7, 11) is -1.46. The Balaban J connectivity index is 1.91. The van der Waals surface area contributed by atoms with Crippen LogP contribution in [-0.2, 0) is 13.6 Å². The van der Waals surface area contributed by atoms with E-state index in [1.807, 2.05) is 18.2 Å². The minimum absolute atomic E-state index is 0.0785. The fourth-order valence-corrected chi connectivity index (χ4v) is 5.14. The van der Waals surface area contributed by atoms with E-state index in [9.17, 15) is 4.57 Å². The van der Waals surface area contributed by atoms with Gasteiger partial charge in [-0.05, 0) is 31.4 Å². The molecule has 104 valence electrons. The summed E-state index contributed by atoms with van der Waals surface area (Å²) in [6, 6.07) is 10.5. The lowest BCUT2D eigenvalue weighted by atomic mass is 10.0. The maximum atomic E-state index is 12.7. The summed E-state index contributed by atoms with van der Waals surface area (Å²) in [6.07, 6.45) is 3.15. The Kier molecular flexibility index (Phi) is 3.77. The molecule has 1 aromatic carbocycles. The fraction of sp³-hybridized carbons (Fsp3) is 0.571. The van der Waals surface area contributed by atoms with Gasteiger partial charge >= 0.3 is 7.60 Å². The first-order valence-electron chi connectivity index (χ1n) is 6.85. The van der Waals surface area contributed by atoms with Crippen LogP contribution in [0.15, 0.2) is 30.3 Å². The van der Waals surface area contributed by atoms with Gasteiger partial charge in [-0.25, -0.2) is 0 Å². The zero-order valence-electron chi connectivity index (χ0n) is 11.2. The lowest BCUT2D eigenvalue weighted by Gasteiger charge is -2.47. The lowest BCUT2D eigenvalue weighted by Crippen LogP contribution is -2.47. The van der Waals surface area contributed by atoms with E-state index < -0.39 is 7.60 Å². The van der Waals surface area contributed by atoms with Crippen molar-refractivity contribution in [3.8, 4) is 0 Å². The first kappa shape index (κ1) is 13.3. The molecule has 19 heavy (non-hydrogen) atoms. The standard InChI is InChI=1S/C14H20NO3P/c1-17-19(16)14-9-5-6-10-15(14)13(11-18-19)12-7-3-2-4-8-12/h2-4,7-8,13-14H,5-6,9-11H2,1H3/t13-,14+,19+/m0/s1. The van der Waals surface area contributed by atoms with Crippen LogP contribution in [0.3, 0.4) is 0 Å². The first-order chi connectivity index (χ1) is 9.24. The summed E-state index contributed by atoms with van der Waals surface area (Å²) in [5, 5.41) is 0. The van der Waals surface area contributed by atoms with E-state index in [0.717, 1.165) is 25.8 Å². The molecule has 0 saturated carbocycles. The largest absolute Gasteiger partial charge is 0.347 e. The molecule has 1 aromatic rings. The molecule has 3 rings (SSSR count). The molecule has 0 N–H and O–H groups in total. The number of hydrogen-bond donors (Lipinski definition) is 0. The van der Waals surface area contributed by atoms with Crippen LogP contribution >= 0.6 is 7.60 Å². The van der Waals surface area contributed by atoms with Crippen LogP contribution < -0.4 is 0 Å². The van der Waals surface area contributed by atoms with E-state index in [2.05, 4.69) is 17.0 Å². The van der Waals surface area contributed by atoms with Gasteiger partial charge in [0.15, 0.2) is 0 Å². The maximum absolute atomic E-state index is 12.7. The van der Waals surface area contributed by atoms with Gasteiger partial charge in [0.05, 0.1) is 12.6 Å². The topological polar surface area (TPSA) is 38.8 Å². The molecule has 4 nitrogen and oxygen atoms in total. The lowest BCUT2D eigenvalue weighted by molar-refractivity contribution is 0.0349. The van der Waals surface area contributed by atoms with Crippen molar-refractivity contribution in [3.63, 3.8) is 0 Å². The van der Waals surface area contributed by atoms with Crippen molar-refractivity contribution in [2.75, 3.05) is 20.3 Å².